The van der Waals surface area contributed by atoms with Crippen molar-refractivity contribution >= 4 is 12.0 Å². The summed E-state index contributed by atoms with van der Waals surface area (Å²) in [5, 5.41) is 5.76. The smallest absolute Gasteiger partial charge is 0.407 e. The molecule has 2 unspecified atom stereocenters. The second-order valence-corrected chi connectivity index (χ2v) is 8.79. The summed E-state index contributed by atoms with van der Waals surface area (Å²) in [4.78, 5) is 24.6. The molecule has 184 valence electrons. The van der Waals surface area contributed by atoms with Crippen LogP contribution in [0, 0.1) is 18.3 Å². The highest BCUT2D eigenvalue weighted by Crippen LogP contribution is 2.14. The molecule has 0 aliphatic carbocycles. The number of rotatable bonds is 17. The Morgan fingerprint density at radius 2 is 1.81 bits per heavy atom. The molecule has 2 amide bonds. The summed E-state index contributed by atoms with van der Waals surface area (Å²) in [7, 11) is 0. The average Bonchev–Trinajstić information content (AvgIpc) is 2.70. The van der Waals surface area contributed by atoms with Gasteiger partial charge in [0, 0.05) is 19.1 Å². The predicted molar refractivity (Wildman–Crippen MR) is 125 cm³/mol. The summed E-state index contributed by atoms with van der Waals surface area (Å²) in [5.74, 6) is 2.00. The third kappa shape index (κ3) is 14.8. The van der Waals surface area contributed by atoms with Crippen molar-refractivity contribution in [3.05, 3.63) is 12.7 Å². The van der Waals surface area contributed by atoms with Crippen LogP contribution in [0.25, 0.3) is 0 Å². The number of hydrogen-bond donors (Lipinski definition) is 2. The monoisotopic (exact) mass is 454 g/mol. The van der Waals surface area contributed by atoms with Gasteiger partial charge in [-0.25, -0.2) is 4.79 Å². The van der Waals surface area contributed by atoms with E-state index in [9.17, 15) is 9.59 Å². The van der Waals surface area contributed by atoms with Gasteiger partial charge < -0.3 is 29.6 Å². The number of carbonyl (C=O) groups excluding carboxylic acids is 2. The van der Waals surface area contributed by atoms with Gasteiger partial charge in [0.15, 0.2) is 0 Å². The van der Waals surface area contributed by atoms with Crippen molar-refractivity contribution in [1.29, 1.82) is 0 Å². The van der Waals surface area contributed by atoms with E-state index in [4.69, 9.17) is 25.4 Å². The SMILES string of the molecule is C#CCOCC(COCC=C)(COCCC)NC(=O)C(C)CCCNC(=O)OC(C)(C)C. The lowest BCUT2D eigenvalue weighted by Gasteiger charge is -2.35. The van der Waals surface area contributed by atoms with Crippen molar-refractivity contribution in [2.75, 3.05) is 46.2 Å². The number of nitrogens with one attached hydrogen (secondary N) is 2. The Hall–Kier alpha value is -2.08. The Kier molecular flexibility index (Phi) is 15.5. The summed E-state index contributed by atoms with van der Waals surface area (Å²) in [6.45, 7) is 15.0. The van der Waals surface area contributed by atoms with Gasteiger partial charge in [0.25, 0.3) is 0 Å². The van der Waals surface area contributed by atoms with Crippen molar-refractivity contribution in [3.63, 3.8) is 0 Å². The van der Waals surface area contributed by atoms with Gasteiger partial charge in [-0.05, 0) is 40.0 Å². The van der Waals surface area contributed by atoms with Crippen LogP contribution in [0.2, 0.25) is 0 Å². The third-order valence-corrected chi connectivity index (χ3v) is 4.22. The molecular weight excluding hydrogens is 412 g/mol. The van der Waals surface area contributed by atoms with E-state index in [1.54, 1.807) is 6.08 Å². The second-order valence-electron chi connectivity index (χ2n) is 8.79. The fourth-order valence-electron chi connectivity index (χ4n) is 2.72. The summed E-state index contributed by atoms with van der Waals surface area (Å²) in [6, 6.07) is 0. The van der Waals surface area contributed by atoms with Crippen LogP contribution in [0.5, 0.6) is 0 Å². The molecule has 0 radical (unpaired) electrons. The van der Waals surface area contributed by atoms with E-state index < -0.39 is 17.2 Å². The van der Waals surface area contributed by atoms with Crippen LogP contribution in [0.15, 0.2) is 12.7 Å². The number of amides is 2. The van der Waals surface area contributed by atoms with Gasteiger partial charge in [-0.3, -0.25) is 4.79 Å². The van der Waals surface area contributed by atoms with Gasteiger partial charge in [0.2, 0.25) is 5.91 Å². The van der Waals surface area contributed by atoms with Gasteiger partial charge in [0.1, 0.15) is 17.7 Å². The molecule has 0 aliphatic heterocycles. The molecule has 0 saturated heterocycles. The Balaban J connectivity index is 4.88. The van der Waals surface area contributed by atoms with E-state index in [0.29, 0.717) is 32.6 Å². The molecule has 0 aromatic heterocycles. The standard InChI is InChI=1S/C24H42N2O6/c1-8-14-29-17-24(18-30-15-9-2,19-31-16-10-3)26-21(27)20(4)12-11-13-25-22(28)32-23(5,6)7/h1,9,20H,2,10-19H2,3-7H3,(H,25,28)(H,26,27). The van der Waals surface area contributed by atoms with Crippen molar-refractivity contribution < 1.29 is 28.5 Å². The Morgan fingerprint density at radius 3 is 2.41 bits per heavy atom. The molecule has 0 saturated carbocycles. The zero-order chi connectivity index (χ0) is 24.5. The zero-order valence-electron chi connectivity index (χ0n) is 20.5. The topological polar surface area (TPSA) is 95.1 Å². The maximum absolute atomic E-state index is 12.9. The molecule has 8 nitrogen and oxygen atoms in total. The Bertz CT molecular complexity index is 596. The van der Waals surface area contributed by atoms with E-state index in [1.165, 1.54) is 0 Å². The number of hydrogen-bond acceptors (Lipinski definition) is 6. The first-order valence-electron chi connectivity index (χ1n) is 11.2. The highest BCUT2D eigenvalue weighted by molar-refractivity contribution is 5.79. The summed E-state index contributed by atoms with van der Waals surface area (Å²) in [5.41, 5.74) is -1.41. The van der Waals surface area contributed by atoms with Crippen LogP contribution >= 0.6 is 0 Å². The minimum atomic E-state index is -0.866. The maximum Gasteiger partial charge on any atom is 0.407 e. The van der Waals surface area contributed by atoms with Gasteiger partial charge in [0.05, 0.1) is 26.4 Å². The molecular formula is C24H42N2O6. The highest BCUT2D eigenvalue weighted by atomic mass is 16.6. The zero-order valence-corrected chi connectivity index (χ0v) is 20.5. The van der Waals surface area contributed by atoms with Crippen molar-refractivity contribution in [2.24, 2.45) is 5.92 Å². The fourth-order valence-corrected chi connectivity index (χ4v) is 2.72. The van der Waals surface area contributed by atoms with E-state index >= 15 is 0 Å². The molecule has 32 heavy (non-hydrogen) atoms. The van der Waals surface area contributed by atoms with Gasteiger partial charge in [-0.15, -0.1) is 13.0 Å². The molecule has 0 aromatic rings. The molecule has 0 fully saturated rings. The summed E-state index contributed by atoms with van der Waals surface area (Å²) < 4.78 is 22.2. The number of terminal acetylenes is 1. The van der Waals surface area contributed by atoms with Gasteiger partial charge in [-0.1, -0.05) is 25.8 Å². The molecule has 0 spiro atoms. The average molecular weight is 455 g/mol. The van der Waals surface area contributed by atoms with Crippen LogP contribution in [0.4, 0.5) is 4.79 Å². The van der Waals surface area contributed by atoms with E-state index in [0.717, 1.165) is 6.42 Å². The van der Waals surface area contributed by atoms with Crippen LogP contribution in [0.1, 0.15) is 53.9 Å². The minimum absolute atomic E-state index is 0.124. The quantitative estimate of drug-likeness (QED) is 0.199. The van der Waals surface area contributed by atoms with Gasteiger partial charge >= 0.3 is 6.09 Å². The minimum Gasteiger partial charge on any atom is -0.444 e. The maximum atomic E-state index is 12.9. The molecule has 2 N–H and O–H groups in total. The third-order valence-electron chi connectivity index (χ3n) is 4.22. The first kappa shape index (κ1) is 29.9. The lowest BCUT2D eigenvalue weighted by atomic mass is 9.99. The molecule has 0 bridgehead atoms. The summed E-state index contributed by atoms with van der Waals surface area (Å²) >= 11 is 0. The normalized spacial score (nSPS) is 14.0. The first-order chi connectivity index (χ1) is 15.1. The van der Waals surface area contributed by atoms with Crippen LogP contribution in [-0.2, 0) is 23.7 Å². The van der Waals surface area contributed by atoms with Crippen LogP contribution in [-0.4, -0.2) is 69.3 Å². The second kappa shape index (κ2) is 16.5. The van der Waals surface area contributed by atoms with E-state index in [2.05, 4.69) is 23.1 Å². The fraction of sp³-hybridized carbons (Fsp3) is 0.750. The Morgan fingerprint density at radius 1 is 1.16 bits per heavy atom. The number of carbonyl (C=O) groups is 2. The van der Waals surface area contributed by atoms with Crippen LogP contribution < -0.4 is 10.6 Å². The number of alkyl carbamates (subject to hydrolysis) is 1. The molecule has 0 aliphatic rings. The highest BCUT2D eigenvalue weighted by Gasteiger charge is 2.34. The van der Waals surface area contributed by atoms with Gasteiger partial charge in [-0.2, -0.15) is 0 Å². The lowest BCUT2D eigenvalue weighted by Crippen LogP contribution is -2.59. The Labute approximate surface area is 193 Å². The molecule has 0 heterocycles. The molecule has 0 aromatic carbocycles. The molecule has 2 atom stereocenters. The molecule has 8 heteroatoms. The van der Waals surface area contributed by atoms with Crippen molar-refractivity contribution in [2.45, 2.75) is 65.0 Å². The summed E-state index contributed by atoms with van der Waals surface area (Å²) in [6.07, 6.45) is 8.54. The number of ether oxygens (including phenoxy) is 4. The molecule has 0 rings (SSSR count). The van der Waals surface area contributed by atoms with Crippen molar-refractivity contribution in [3.8, 4) is 12.3 Å². The first-order valence-corrected chi connectivity index (χ1v) is 11.2. The van der Waals surface area contributed by atoms with E-state index in [-0.39, 0.29) is 38.3 Å². The predicted octanol–water partition coefficient (Wildman–Crippen LogP) is 3.06. The van der Waals surface area contributed by atoms with E-state index in [1.807, 2.05) is 34.6 Å². The largest absolute Gasteiger partial charge is 0.444 e. The van der Waals surface area contributed by atoms with Crippen molar-refractivity contribution in [1.82, 2.24) is 10.6 Å². The lowest BCUT2D eigenvalue weighted by molar-refractivity contribution is -0.130. The van der Waals surface area contributed by atoms with Crippen LogP contribution in [0.3, 0.4) is 0 Å².